The monoisotopic (exact) mass is 273 g/mol. The Hall–Kier alpha value is -1.02. The van der Waals surface area contributed by atoms with Gasteiger partial charge < -0.3 is 10.1 Å². The van der Waals surface area contributed by atoms with Gasteiger partial charge in [0.2, 0.25) is 0 Å². The van der Waals surface area contributed by atoms with Crippen LogP contribution in [0.15, 0.2) is 24.3 Å². The van der Waals surface area contributed by atoms with Gasteiger partial charge in [-0.3, -0.25) is 0 Å². The second kappa shape index (κ2) is 6.17. The maximum absolute atomic E-state index is 5.83. The third-order valence-corrected chi connectivity index (χ3v) is 5.01. The van der Waals surface area contributed by atoms with Crippen molar-refractivity contribution in [3.63, 3.8) is 0 Å². The molecule has 3 unspecified atom stereocenters. The number of benzene rings is 1. The molecule has 0 amide bonds. The standard InChI is InChI=1S/C18H27NO/c1-3-13-4-5-15(12-13)18(19-2)14-6-8-16(9-7-14)20-17-10-11-17/h6-9,13,15,17-19H,3-5,10-12H2,1-2H3. The van der Waals surface area contributed by atoms with Gasteiger partial charge in [-0.25, -0.2) is 0 Å². The number of ether oxygens (including phenoxy) is 1. The van der Waals surface area contributed by atoms with Crippen molar-refractivity contribution in [2.75, 3.05) is 7.05 Å². The van der Waals surface area contributed by atoms with E-state index in [9.17, 15) is 0 Å². The zero-order chi connectivity index (χ0) is 13.9. The maximum Gasteiger partial charge on any atom is 0.119 e. The molecule has 2 aliphatic carbocycles. The van der Waals surface area contributed by atoms with Crippen LogP contribution in [0.1, 0.15) is 57.1 Å². The normalized spacial score (nSPS) is 27.5. The summed E-state index contributed by atoms with van der Waals surface area (Å²) in [5.41, 5.74) is 1.41. The topological polar surface area (TPSA) is 21.3 Å². The third-order valence-electron chi connectivity index (χ3n) is 5.01. The Morgan fingerprint density at radius 3 is 2.45 bits per heavy atom. The van der Waals surface area contributed by atoms with E-state index in [0.29, 0.717) is 12.1 Å². The molecule has 2 fully saturated rings. The molecule has 1 N–H and O–H groups in total. The molecule has 0 aliphatic heterocycles. The summed E-state index contributed by atoms with van der Waals surface area (Å²) >= 11 is 0. The fraction of sp³-hybridized carbons (Fsp3) is 0.667. The van der Waals surface area contributed by atoms with E-state index in [1.165, 1.54) is 44.1 Å². The average molecular weight is 273 g/mol. The minimum Gasteiger partial charge on any atom is -0.490 e. The molecule has 0 aromatic heterocycles. The van der Waals surface area contributed by atoms with Crippen molar-refractivity contribution >= 4 is 0 Å². The van der Waals surface area contributed by atoms with Crippen LogP contribution in [-0.4, -0.2) is 13.2 Å². The Labute approximate surface area is 122 Å². The Balaban J connectivity index is 1.65. The number of hydrogen-bond acceptors (Lipinski definition) is 2. The number of hydrogen-bond donors (Lipinski definition) is 1. The highest BCUT2D eigenvalue weighted by atomic mass is 16.5. The molecular weight excluding hydrogens is 246 g/mol. The molecular formula is C18H27NO. The highest BCUT2D eigenvalue weighted by Gasteiger charge is 2.30. The minimum atomic E-state index is 0.487. The van der Waals surface area contributed by atoms with Gasteiger partial charge in [0, 0.05) is 6.04 Å². The van der Waals surface area contributed by atoms with Gasteiger partial charge >= 0.3 is 0 Å². The summed E-state index contributed by atoms with van der Waals surface area (Å²) in [5, 5.41) is 3.54. The smallest absolute Gasteiger partial charge is 0.119 e. The van der Waals surface area contributed by atoms with E-state index >= 15 is 0 Å². The van der Waals surface area contributed by atoms with E-state index < -0.39 is 0 Å². The van der Waals surface area contributed by atoms with Crippen molar-refractivity contribution < 1.29 is 4.74 Å². The Bertz CT molecular complexity index is 424. The van der Waals surface area contributed by atoms with Crippen LogP contribution in [0.3, 0.4) is 0 Å². The molecule has 3 rings (SSSR count). The quantitative estimate of drug-likeness (QED) is 0.833. The van der Waals surface area contributed by atoms with Crippen LogP contribution in [0, 0.1) is 11.8 Å². The predicted molar refractivity (Wildman–Crippen MR) is 83.0 cm³/mol. The summed E-state index contributed by atoms with van der Waals surface area (Å²) in [6.07, 6.45) is 8.42. The average Bonchev–Trinajstić information content (AvgIpc) is 3.16. The summed E-state index contributed by atoms with van der Waals surface area (Å²) in [6.45, 7) is 2.32. The Morgan fingerprint density at radius 1 is 1.15 bits per heavy atom. The summed E-state index contributed by atoms with van der Waals surface area (Å²) in [6, 6.07) is 9.28. The lowest BCUT2D eigenvalue weighted by Crippen LogP contribution is -2.23. The first kappa shape index (κ1) is 13.9. The molecule has 0 spiro atoms. The van der Waals surface area contributed by atoms with Crippen molar-refractivity contribution in [1.29, 1.82) is 0 Å². The minimum absolute atomic E-state index is 0.487. The van der Waals surface area contributed by atoms with Crippen molar-refractivity contribution in [2.24, 2.45) is 11.8 Å². The van der Waals surface area contributed by atoms with Gasteiger partial charge in [-0.2, -0.15) is 0 Å². The van der Waals surface area contributed by atoms with Crippen LogP contribution in [0.4, 0.5) is 0 Å². The predicted octanol–water partition coefficient (Wildman–Crippen LogP) is 4.31. The van der Waals surface area contributed by atoms with E-state index in [1.807, 2.05) is 0 Å². The first-order chi connectivity index (χ1) is 9.80. The van der Waals surface area contributed by atoms with Gasteiger partial charge in [0.05, 0.1) is 6.10 Å². The van der Waals surface area contributed by atoms with Crippen LogP contribution >= 0.6 is 0 Å². The van der Waals surface area contributed by atoms with Gasteiger partial charge in [0.15, 0.2) is 0 Å². The first-order valence-corrected chi connectivity index (χ1v) is 8.24. The number of nitrogens with one attached hydrogen (secondary N) is 1. The third kappa shape index (κ3) is 3.17. The second-order valence-corrected chi connectivity index (χ2v) is 6.50. The summed E-state index contributed by atoms with van der Waals surface area (Å²) in [4.78, 5) is 0. The van der Waals surface area contributed by atoms with Gasteiger partial charge in [-0.05, 0) is 62.3 Å². The van der Waals surface area contributed by atoms with Crippen LogP contribution in [0.25, 0.3) is 0 Å². The van der Waals surface area contributed by atoms with Gasteiger partial charge in [-0.15, -0.1) is 0 Å². The van der Waals surface area contributed by atoms with E-state index in [-0.39, 0.29) is 0 Å². The lowest BCUT2D eigenvalue weighted by Gasteiger charge is -2.24. The molecule has 2 heteroatoms. The SMILES string of the molecule is CCC1CCC(C(NC)c2ccc(OC3CC3)cc2)C1. The molecule has 2 aliphatic rings. The lowest BCUT2D eigenvalue weighted by atomic mass is 9.90. The Morgan fingerprint density at radius 2 is 1.90 bits per heavy atom. The molecule has 0 heterocycles. The van der Waals surface area contributed by atoms with E-state index in [4.69, 9.17) is 4.74 Å². The van der Waals surface area contributed by atoms with Crippen molar-refractivity contribution in [3.8, 4) is 5.75 Å². The fourth-order valence-corrected chi connectivity index (χ4v) is 3.59. The first-order valence-electron chi connectivity index (χ1n) is 8.24. The van der Waals surface area contributed by atoms with Crippen LogP contribution < -0.4 is 10.1 Å². The van der Waals surface area contributed by atoms with Crippen LogP contribution in [-0.2, 0) is 0 Å². The maximum atomic E-state index is 5.83. The molecule has 2 nitrogen and oxygen atoms in total. The molecule has 0 radical (unpaired) electrons. The van der Waals surface area contributed by atoms with E-state index in [1.54, 1.807) is 0 Å². The van der Waals surface area contributed by atoms with E-state index in [0.717, 1.165) is 17.6 Å². The van der Waals surface area contributed by atoms with Gasteiger partial charge in [0.25, 0.3) is 0 Å². The summed E-state index contributed by atoms with van der Waals surface area (Å²) < 4.78 is 5.83. The zero-order valence-corrected chi connectivity index (χ0v) is 12.8. The number of rotatable bonds is 6. The highest BCUT2D eigenvalue weighted by molar-refractivity contribution is 5.30. The fourth-order valence-electron chi connectivity index (χ4n) is 3.59. The van der Waals surface area contributed by atoms with Crippen LogP contribution in [0.2, 0.25) is 0 Å². The van der Waals surface area contributed by atoms with E-state index in [2.05, 4.69) is 43.6 Å². The summed E-state index contributed by atoms with van der Waals surface area (Å²) in [7, 11) is 2.10. The molecule has 1 aromatic rings. The van der Waals surface area contributed by atoms with Crippen molar-refractivity contribution in [2.45, 2.75) is 57.6 Å². The second-order valence-electron chi connectivity index (χ2n) is 6.50. The molecule has 1 aromatic carbocycles. The van der Waals surface area contributed by atoms with Crippen molar-refractivity contribution in [3.05, 3.63) is 29.8 Å². The summed E-state index contributed by atoms with van der Waals surface area (Å²) in [5.74, 6) is 2.76. The molecule has 0 bridgehead atoms. The van der Waals surface area contributed by atoms with Gasteiger partial charge in [-0.1, -0.05) is 31.9 Å². The molecule has 20 heavy (non-hydrogen) atoms. The highest BCUT2D eigenvalue weighted by Crippen LogP contribution is 2.40. The molecule has 2 saturated carbocycles. The lowest BCUT2D eigenvalue weighted by molar-refractivity contribution is 0.302. The largest absolute Gasteiger partial charge is 0.490 e. The van der Waals surface area contributed by atoms with Gasteiger partial charge in [0.1, 0.15) is 5.75 Å². The van der Waals surface area contributed by atoms with Crippen LogP contribution in [0.5, 0.6) is 5.75 Å². The van der Waals surface area contributed by atoms with Crippen molar-refractivity contribution in [1.82, 2.24) is 5.32 Å². The zero-order valence-electron chi connectivity index (χ0n) is 12.8. The molecule has 3 atom stereocenters. The molecule has 110 valence electrons. The Kier molecular flexibility index (Phi) is 4.30. The molecule has 0 saturated heterocycles.